The maximum Gasteiger partial charge on any atom is 0.222 e. The Morgan fingerprint density at radius 3 is 2.62 bits per heavy atom. The van der Waals surface area contributed by atoms with E-state index in [-0.39, 0.29) is 12.0 Å². The highest BCUT2D eigenvalue weighted by Crippen LogP contribution is 2.09. The van der Waals surface area contributed by atoms with Crippen LogP contribution in [0.15, 0.2) is 24.3 Å². The number of ether oxygens (including phenoxy) is 2. The summed E-state index contributed by atoms with van der Waals surface area (Å²) in [6.07, 6.45) is 0.414. The van der Waals surface area contributed by atoms with Gasteiger partial charge in [-0.3, -0.25) is 9.69 Å². The lowest BCUT2D eigenvalue weighted by atomic mass is 10.1. The molecule has 1 atom stereocenters. The highest BCUT2D eigenvalue weighted by atomic mass is 16.5. The molecule has 6 nitrogen and oxygen atoms in total. The summed E-state index contributed by atoms with van der Waals surface area (Å²) in [6, 6.07) is 8.47. The third-order valence-corrected chi connectivity index (χ3v) is 4.44. The van der Waals surface area contributed by atoms with Crippen LogP contribution in [0.1, 0.15) is 17.5 Å². The Morgan fingerprint density at radius 1 is 1.17 bits per heavy atom. The molecular weight excluding hydrogens is 306 g/mol. The van der Waals surface area contributed by atoms with Crippen LogP contribution in [0.5, 0.6) is 0 Å². The minimum absolute atomic E-state index is 0.00496. The van der Waals surface area contributed by atoms with E-state index in [1.54, 1.807) is 0 Å². The summed E-state index contributed by atoms with van der Waals surface area (Å²) < 4.78 is 10.9. The van der Waals surface area contributed by atoms with Crippen LogP contribution in [0.3, 0.4) is 0 Å². The fraction of sp³-hybridized carbons (Fsp3) is 0.611. The van der Waals surface area contributed by atoms with Gasteiger partial charge in [-0.1, -0.05) is 24.3 Å². The lowest BCUT2D eigenvalue weighted by Gasteiger charge is -2.26. The highest BCUT2D eigenvalue weighted by Gasteiger charge is 2.17. The number of nitrogens with one attached hydrogen (secondary N) is 2. The van der Waals surface area contributed by atoms with Crippen molar-refractivity contribution in [1.82, 2.24) is 15.5 Å². The largest absolute Gasteiger partial charge is 0.379 e. The zero-order chi connectivity index (χ0) is 16.6. The summed E-state index contributed by atoms with van der Waals surface area (Å²) in [6.45, 7) is 7.47. The maximum atomic E-state index is 12.0. The topological polar surface area (TPSA) is 62.8 Å². The van der Waals surface area contributed by atoms with E-state index in [2.05, 4.69) is 39.8 Å². The molecule has 0 bridgehead atoms. The summed E-state index contributed by atoms with van der Waals surface area (Å²) in [4.78, 5) is 14.4. The molecule has 0 spiro atoms. The van der Waals surface area contributed by atoms with Crippen LogP contribution in [0.4, 0.5) is 0 Å². The number of rotatable bonds is 6. The van der Waals surface area contributed by atoms with Crippen molar-refractivity contribution in [2.75, 3.05) is 46.0 Å². The van der Waals surface area contributed by atoms with Crippen LogP contribution >= 0.6 is 0 Å². The van der Waals surface area contributed by atoms with Crippen molar-refractivity contribution in [3.63, 3.8) is 0 Å². The molecule has 3 rings (SSSR count). The first-order valence-corrected chi connectivity index (χ1v) is 8.76. The van der Waals surface area contributed by atoms with Crippen molar-refractivity contribution in [3.05, 3.63) is 35.4 Å². The van der Waals surface area contributed by atoms with Crippen molar-refractivity contribution in [1.29, 1.82) is 0 Å². The summed E-state index contributed by atoms with van der Waals surface area (Å²) in [7, 11) is 0. The molecule has 0 aromatic heterocycles. The summed E-state index contributed by atoms with van der Waals surface area (Å²) >= 11 is 0. The van der Waals surface area contributed by atoms with E-state index >= 15 is 0 Å². The van der Waals surface area contributed by atoms with Crippen molar-refractivity contribution < 1.29 is 14.3 Å². The van der Waals surface area contributed by atoms with E-state index in [1.807, 2.05) is 0 Å². The normalized spacial score (nSPS) is 22.2. The van der Waals surface area contributed by atoms with Gasteiger partial charge in [0.1, 0.15) is 0 Å². The molecule has 1 amide bonds. The minimum atomic E-state index is -0.00496. The standard InChI is InChI=1S/C18H27N3O3/c22-18(11-17-13-19-5-8-24-17)20-12-15-1-3-16(4-2-15)14-21-6-9-23-10-7-21/h1-4,17,19H,5-14H2,(H,20,22). The number of hydrogen-bond donors (Lipinski definition) is 2. The number of nitrogens with zero attached hydrogens (tertiary/aromatic N) is 1. The molecule has 2 fully saturated rings. The van der Waals surface area contributed by atoms with Gasteiger partial charge in [0, 0.05) is 39.3 Å². The molecule has 6 heteroatoms. The van der Waals surface area contributed by atoms with Crippen LogP contribution in [-0.4, -0.2) is 62.9 Å². The number of carbonyl (C=O) groups is 1. The smallest absolute Gasteiger partial charge is 0.222 e. The van der Waals surface area contributed by atoms with Gasteiger partial charge in [-0.25, -0.2) is 0 Å². The molecule has 2 heterocycles. The Hall–Kier alpha value is -1.47. The summed E-state index contributed by atoms with van der Waals surface area (Å²) in [5.74, 6) is 0.0427. The molecule has 0 saturated carbocycles. The van der Waals surface area contributed by atoms with Gasteiger partial charge in [-0.05, 0) is 11.1 Å². The van der Waals surface area contributed by atoms with Gasteiger partial charge in [-0.15, -0.1) is 0 Å². The molecular formula is C18H27N3O3. The van der Waals surface area contributed by atoms with Crippen LogP contribution in [0.25, 0.3) is 0 Å². The van der Waals surface area contributed by atoms with Crippen molar-refractivity contribution in [3.8, 4) is 0 Å². The second kappa shape index (κ2) is 9.13. The molecule has 1 aromatic rings. The van der Waals surface area contributed by atoms with Crippen LogP contribution < -0.4 is 10.6 Å². The average Bonchev–Trinajstić information content (AvgIpc) is 2.63. The van der Waals surface area contributed by atoms with Gasteiger partial charge in [0.15, 0.2) is 0 Å². The fourth-order valence-electron chi connectivity index (χ4n) is 3.01. The SMILES string of the molecule is O=C(CC1CNCCO1)NCc1ccc(CN2CCOCC2)cc1. The Balaban J connectivity index is 1.39. The lowest BCUT2D eigenvalue weighted by Crippen LogP contribution is -2.41. The highest BCUT2D eigenvalue weighted by molar-refractivity contribution is 5.76. The minimum Gasteiger partial charge on any atom is -0.379 e. The molecule has 1 unspecified atom stereocenters. The molecule has 0 radical (unpaired) electrons. The Kier molecular flexibility index (Phi) is 6.60. The van der Waals surface area contributed by atoms with E-state index in [0.717, 1.165) is 51.5 Å². The first kappa shape index (κ1) is 17.4. The number of benzene rings is 1. The van der Waals surface area contributed by atoms with Gasteiger partial charge in [-0.2, -0.15) is 0 Å². The van der Waals surface area contributed by atoms with Crippen molar-refractivity contribution >= 4 is 5.91 Å². The molecule has 2 aliphatic heterocycles. The lowest BCUT2D eigenvalue weighted by molar-refractivity contribution is -0.124. The van der Waals surface area contributed by atoms with Gasteiger partial charge in [0.25, 0.3) is 0 Å². The quantitative estimate of drug-likeness (QED) is 0.794. The van der Waals surface area contributed by atoms with Gasteiger partial charge in [0.2, 0.25) is 5.91 Å². The van der Waals surface area contributed by atoms with Crippen LogP contribution in [0.2, 0.25) is 0 Å². The Labute approximate surface area is 143 Å². The molecule has 0 aliphatic carbocycles. The van der Waals surface area contributed by atoms with E-state index in [9.17, 15) is 4.79 Å². The van der Waals surface area contributed by atoms with Gasteiger partial charge < -0.3 is 20.1 Å². The zero-order valence-electron chi connectivity index (χ0n) is 14.1. The van der Waals surface area contributed by atoms with Crippen LogP contribution in [-0.2, 0) is 27.4 Å². The second-order valence-electron chi connectivity index (χ2n) is 6.38. The van der Waals surface area contributed by atoms with Crippen LogP contribution in [0, 0.1) is 0 Å². The van der Waals surface area contributed by atoms with E-state index < -0.39 is 0 Å². The maximum absolute atomic E-state index is 12.0. The molecule has 2 saturated heterocycles. The monoisotopic (exact) mass is 333 g/mol. The first-order valence-electron chi connectivity index (χ1n) is 8.76. The molecule has 132 valence electrons. The van der Waals surface area contributed by atoms with E-state index in [1.165, 1.54) is 5.56 Å². The first-order chi connectivity index (χ1) is 11.8. The third kappa shape index (κ3) is 5.56. The van der Waals surface area contributed by atoms with Crippen molar-refractivity contribution in [2.45, 2.75) is 25.6 Å². The Morgan fingerprint density at radius 2 is 1.92 bits per heavy atom. The summed E-state index contributed by atoms with van der Waals surface area (Å²) in [5, 5.41) is 6.21. The second-order valence-corrected chi connectivity index (χ2v) is 6.38. The number of carbonyl (C=O) groups excluding carboxylic acids is 1. The third-order valence-electron chi connectivity index (χ3n) is 4.44. The molecule has 2 aliphatic rings. The van der Waals surface area contributed by atoms with Gasteiger partial charge >= 0.3 is 0 Å². The van der Waals surface area contributed by atoms with E-state index in [0.29, 0.717) is 19.6 Å². The predicted octanol–water partition coefficient (Wildman–Crippen LogP) is 0.514. The molecule has 1 aromatic carbocycles. The molecule has 24 heavy (non-hydrogen) atoms. The number of amides is 1. The summed E-state index contributed by atoms with van der Waals surface area (Å²) in [5.41, 5.74) is 2.42. The predicted molar refractivity (Wildman–Crippen MR) is 91.6 cm³/mol. The molecule has 2 N–H and O–H groups in total. The van der Waals surface area contributed by atoms with Gasteiger partial charge in [0.05, 0.1) is 32.3 Å². The average molecular weight is 333 g/mol. The zero-order valence-corrected chi connectivity index (χ0v) is 14.1. The number of hydrogen-bond acceptors (Lipinski definition) is 5. The van der Waals surface area contributed by atoms with Crippen molar-refractivity contribution in [2.24, 2.45) is 0 Å². The van der Waals surface area contributed by atoms with E-state index in [4.69, 9.17) is 9.47 Å². The number of morpholine rings is 2. The Bertz CT molecular complexity index is 509. The fourth-order valence-corrected chi connectivity index (χ4v) is 3.01.